The molecular formula is C28H22N4Na2O14S4. The second-order valence-corrected chi connectivity index (χ2v) is 16.4. The SMILES string of the molecule is Cc1ccc(S(=O)(=O)Nc2ccc(/C=C/c3ccc(NS(=O)(=O)c4ccc(C)c([N+](=O)[O-])c4)cc3S(=O)(=O)[O-])c(S(=O)(=O)[O-])c2)cc1[N+](=O)[O-].[Na+].[Na+]. The average Bonchev–Trinajstić information content (AvgIpc) is 2.99. The molecule has 0 spiro atoms. The van der Waals surface area contributed by atoms with Gasteiger partial charge in [-0.15, -0.1) is 0 Å². The van der Waals surface area contributed by atoms with Crippen LogP contribution >= 0.6 is 0 Å². The molecule has 2 N–H and O–H groups in total. The first-order valence-corrected chi connectivity index (χ1v) is 19.2. The Kier molecular flexibility index (Phi) is 14.5. The van der Waals surface area contributed by atoms with Gasteiger partial charge in [0, 0.05) is 23.3 Å². The fourth-order valence-electron chi connectivity index (χ4n) is 4.42. The van der Waals surface area contributed by atoms with Gasteiger partial charge in [-0.3, -0.25) is 29.7 Å². The van der Waals surface area contributed by atoms with Gasteiger partial charge >= 0.3 is 59.1 Å². The van der Waals surface area contributed by atoms with E-state index in [0.29, 0.717) is 12.1 Å². The Bertz CT molecular complexity index is 2390. The number of benzene rings is 4. The van der Waals surface area contributed by atoms with E-state index in [9.17, 15) is 63.0 Å². The van der Waals surface area contributed by atoms with Crippen molar-refractivity contribution in [3.8, 4) is 0 Å². The second-order valence-electron chi connectivity index (χ2n) is 10.4. The van der Waals surface area contributed by atoms with Gasteiger partial charge in [0.1, 0.15) is 20.2 Å². The standard InChI is InChI=1S/C28H24N4O14S4.2Na/c1-17-3-11-23(15-25(17)31(33)34)47(37,38)29-21-9-7-19(27(13-21)49(41,42)43)5-6-20-8-10-22(14-28(20)50(44,45)46)30-48(39,40)24-12-4-18(2)26(16-24)32(35)36;;/h3-16,29-30H,1-2H3,(H,41,42,43)(H,44,45,46);;/q;2*+1/p-2/b6-5+;;. The fraction of sp³-hybridized carbons (Fsp3) is 0.0714. The van der Waals surface area contributed by atoms with E-state index >= 15 is 0 Å². The number of hydrogen-bond acceptors (Lipinski definition) is 14. The van der Waals surface area contributed by atoms with Crippen molar-refractivity contribution >= 4 is 75.2 Å². The van der Waals surface area contributed by atoms with Crippen molar-refractivity contribution < 1.29 is 112 Å². The molecule has 0 aromatic heterocycles. The zero-order valence-corrected chi connectivity index (χ0v) is 34.6. The first-order chi connectivity index (χ1) is 23.0. The maximum atomic E-state index is 12.9. The predicted molar refractivity (Wildman–Crippen MR) is 175 cm³/mol. The van der Waals surface area contributed by atoms with Gasteiger partial charge in [0.2, 0.25) is 0 Å². The number of sulfonamides is 2. The number of hydrogen-bond donors (Lipinski definition) is 2. The quantitative estimate of drug-likeness (QED) is 0.0501. The Morgan fingerprint density at radius 1 is 0.538 bits per heavy atom. The minimum absolute atomic E-state index is 0. The average molecular weight is 813 g/mol. The normalized spacial score (nSPS) is 12.0. The first kappa shape index (κ1) is 44.9. The molecule has 0 heterocycles. The van der Waals surface area contributed by atoms with Crippen LogP contribution in [-0.4, -0.2) is 52.6 Å². The van der Waals surface area contributed by atoms with Gasteiger partial charge in [-0.05, 0) is 61.4 Å². The molecular weight excluding hydrogens is 791 g/mol. The number of rotatable bonds is 12. The van der Waals surface area contributed by atoms with Crippen molar-refractivity contribution in [2.45, 2.75) is 33.4 Å². The van der Waals surface area contributed by atoms with E-state index in [0.717, 1.165) is 60.7 Å². The van der Waals surface area contributed by atoms with Crippen molar-refractivity contribution in [3.05, 3.63) is 115 Å². The third-order valence-corrected chi connectivity index (χ3v) is 11.4. The fourth-order valence-corrected chi connectivity index (χ4v) is 7.95. The number of nitrogens with one attached hydrogen (secondary N) is 2. The molecule has 0 saturated heterocycles. The molecule has 264 valence electrons. The van der Waals surface area contributed by atoms with Crippen LogP contribution in [0.25, 0.3) is 12.2 Å². The van der Waals surface area contributed by atoms with Gasteiger partial charge in [0.05, 0.1) is 40.8 Å². The van der Waals surface area contributed by atoms with Gasteiger partial charge in [0.25, 0.3) is 31.4 Å². The maximum Gasteiger partial charge on any atom is 1.00 e. The Hall–Kier alpha value is -3.26. The molecule has 0 atom stereocenters. The molecule has 0 saturated carbocycles. The Morgan fingerprint density at radius 2 is 0.865 bits per heavy atom. The molecule has 0 aliphatic carbocycles. The number of nitro groups is 2. The van der Waals surface area contributed by atoms with Gasteiger partial charge in [-0.1, -0.05) is 36.4 Å². The van der Waals surface area contributed by atoms with E-state index < -0.39 is 92.5 Å². The third kappa shape index (κ3) is 10.7. The van der Waals surface area contributed by atoms with E-state index in [1.807, 2.05) is 9.44 Å². The van der Waals surface area contributed by atoms with Crippen molar-refractivity contribution in [1.29, 1.82) is 0 Å². The summed E-state index contributed by atoms with van der Waals surface area (Å²) in [4.78, 5) is 17.8. The topological polar surface area (TPSA) is 293 Å². The molecule has 0 fully saturated rings. The number of aryl methyl sites for hydroxylation is 2. The van der Waals surface area contributed by atoms with E-state index in [4.69, 9.17) is 0 Å². The summed E-state index contributed by atoms with van der Waals surface area (Å²) in [5.41, 5.74) is -2.29. The van der Waals surface area contributed by atoms with Crippen LogP contribution < -0.4 is 68.6 Å². The minimum Gasteiger partial charge on any atom is -0.744 e. The van der Waals surface area contributed by atoms with E-state index in [2.05, 4.69) is 0 Å². The number of anilines is 2. The van der Waals surface area contributed by atoms with Crippen molar-refractivity contribution in [3.63, 3.8) is 0 Å². The molecule has 4 aromatic rings. The summed E-state index contributed by atoms with van der Waals surface area (Å²) in [5, 5.41) is 22.5. The molecule has 0 aliphatic heterocycles. The molecule has 4 rings (SSSR count). The van der Waals surface area contributed by atoms with Crippen molar-refractivity contribution in [2.75, 3.05) is 9.44 Å². The summed E-state index contributed by atoms with van der Waals surface area (Å²) in [6.07, 6.45) is 1.84. The number of nitrogens with zero attached hydrogens (tertiary/aromatic N) is 2. The molecule has 0 amide bonds. The van der Waals surface area contributed by atoms with Crippen molar-refractivity contribution in [1.82, 2.24) is 0 Å². The summed E-state index contributed by atoms with van der Waals surface area (Å²) in [6, 6.07) is 11.4. The Morgan fingerprint density at radius 3 is 1.15 bits per heavy atom. The van der Waals surface area contributed by atoms with Crippen LogP contribution in [0.1, 0.15) is 22.3 Å². The molecule has 0 aliphatic rings. The predicted octanol–water partition coefficient (Wildman–Crippen LogP) is -2.29. The third-order valence-electron chi connectivity index (χ3n) is 6.89. The zero-order valence-electron chi connectivity index (χ0n) is 27.3. The first-order valence-electron chi connectivity index (χ1n) is 13.4. The van der Waals surface area contributed by atoms with Crippen LogP contribution in [0.3, 0.4) is 0 Å². The zero-order chi connectivity index (χ0) is 37.4. The van der Waals surface area contributed by atoms with Crippen LogP contribution in [0.15, 0.2) is 92.4 Å². The smallest absolute Gasteiger partial charge is 0.744 e. The van der Waals surface area contributed by atoms with Crippen LogP contribution in [0.2, 0.25) is 0 Å². The molecule has 0 radical (unpaired) electrons. The van der Waals surface area contributed by atoms with E-state index in [-0.39, 0.29) is 81.4 Å². The van der Waals surface area contributed by atoms with Crippen LogP contribution in [0, 0.1) is 34.1 Å². The summed E-state index contributed by atoms with van der Waals surface area (Å²) in [6.45, 7) is 2.77. The Balaban J connectivity index is 0.00000468. The maximum absolute atomic E-state index is 12.9. The summed E-state index contributed by atoms with van der Waals surface area (Å²) < 4.78 is 128. The van der Waals surface area contributed by atoms with Gasteiger partial charge in [-0.2, -0.15) is 0 Å². The van der Waals surface area contributed by atoms with Gasteiger partial charge < -0.3 is 9.11 Å². The van der Waals surface area contributed by atoms with Crippen LogP contribution in [0.4, 0.5) is 22.7 Å². The van der Waals surface area contributed by atoms with Crippen LogP contribution in [-0.2, 0) is 40.3 Å². The molecule has 18 nitrogen and oxygen atoms in total. The summed E-state index contributed by atoms with van der Waals surface area (Å²) in [5.74, 6) is 0. The molecule has 0 unspecified atom stereocenters. The summed E-state index contributed by atoms with van der Waals surface area (Å²) in [7, 11) is -19.7. The van der Waals surface area contributed by atoms with E-state index in [1.54, 1.807) is 0 Å². The molecule has 52 heavy (non-hydrogen) atoms. The van der Waals surface area contributed by atoms with Gasteiger partial charge in [-0.25, -0.2) is 33.7 Å². The molecule has 4 aromatic carbocycles. The van der Waals surface area contributed by atoms with Crippen LogP contribution in [0.5, 0.6) is 0 Å². The van der Waals surface area contributed by atoms with E-state index in [1.165, 1.54) is 26.0 Å². The molecule has 24 heteroatoms. The second kappa shape index (κ2) is 16.8. The minimum atomic E-state index is -5.33. The largest absolute Gasteiger partial charge is 1.00 e. The number of nitro benzene ring substituents is 2. The monoisotopic (exact) mass is 812 g/mol. The molecule has 0 bridgehead atoms. The van der Waals surface area contributed by atoms with Crippen molar-refractivity contribution in [2.24, 2.45) is 0 Å². The summed E-state index contributed by atoms with van der Waals surface area (Å²) >= 11 is 0. The Labute approximate surface area is 341 Å². The van der Waals surface area contributed by atoms with Gasteiger partial charge in [0.15, 0.2) is 0 Å².